The molecule has 1 aliphatic rings. The van der Waals surface area contributed by atoms with Gasteiger partial charge < -0.3 is 10.2 Å². The Morgan fingerprint density at radius 2 is 2.00 bits per heavy atom. The highest BCUT2D eigenvalue weighted by atomic mass is 15.1. The molecule has 2 rings (SSSR count). The molecule has 0 amide bonds. The highest BCUT2D eigenvalue weighted by Gasteiger charge is 2.07. The van der Waals surface area contributed by atoms with E-state index in [4.69, 9.17) is 0 Å². The van der Waals surface area contributed by atoms with E-state index in [1.54, 1.807) is 0 Å². The van der Waals surface area contributed by atoms with E-state index in [1.165, 1.54) is 57.3 Å². The Hall–Kier alpha value is -0.930. The molecular weight excluding hydrogens is 222 g/mol. The van der Waals surface area contributed by atoms with Crippen LogP contribution < -0.4 is 5.32 Å². The summed E-state index contributed by atoms with van der Waals surface area (Å²) in [5.41, 5.74) is 1.27. The molecule has 100 valence electrons. The van der Waals surface area contributed by atoms with Gasteiger partial charge in [-0.1, -0.05) is 18.9 Å². The Balaban J connectivity index is 1.53. The van der Waals surface area contributed by atoms with Crippen LogP contribution in [0.1, 0.15) is 37.7 Å². The number of hydrogen-bond acceptors (Lipinski definition) is 3. The van der Waals surface area contributed by atoms with Gasteiger partial charge >= 0.3 is 0 Å². The minimum atomic E-state index is 0.938. The normalized spacial score (nSPS) is 17.6. The molecule has 0 unspecified atom stereocenters. The first kappa shape index (κ1) is 13.5. The molecule has 1 aromatic rings. The lowest BCUT2D eigenvalue weighted by atomic mass is 10.2. The summed E-state index contributed by atoms with van der Waals surface area (Å²) in [5, 5.41) is 3.49. The van der Waals surface area contributed by atoms with Crippen molar-refractivity contribution in [3.05, 3.63) is 30.1 Å². The molecule has 0 atom stereocenters. The molecule has 0 spiro atoms. The third-order valence-electron chi connectivity index (χ3n) is 3.58. The highest BCUT2D eigenvalue weighted by Crippen LogP contribution is 2.09. The van der Waals surface area contributed by atoms with E-state index in [9.17, 15) is 0 Å². The average Bonchev–Trinajstić information content (AvgIpc) is 2.68. The van der Waals surface area contributed by atoms with Gasteiger partial charge in [0.15, 0.2) is 0 Å². The zero-order valence-electron chi connectivity index (χ0n) is 11.3. The van der Waals surface area contributed by atoms with Crippen molar-refractivity contribution in [1.82, 2.24) is 15.2 Å². The number of aromatic nitrogens is 1. The molecule has 1 saturated heterocycles. The van der Waals surface area contributed by atoms with Gasteiger partial charge in [0.25, 0.3) is 0 Å². The van der Waals surface area contributed by atoms with Gasteiger partial charge in [0.05, 0.1) is 0 Å². The number of pyridine rings is 1. The van der Waals surface area contributed by atoms with Crippen molar-refractivity contribution in [3.8, 4) is 0 Å². The van der Waals surface area contributed by atoms with E-state index in [1.807, 2.05) is 18.5 Å². The lowest BCUT2D eigenvalue weighted by Gasteiger charge is -2.19. The topological polar surface area (TPSA) is 28.2 Å². The van der Waals surface area contributed by atoms with Crippen LogP contribution in [0.3, 0.4) is 0 Å². The number of rotatable bonds is 6. The van der Waals surface area contributed by atoms with E-state index in [-0.39, 0.29) is 0 Å². The van der Waals surface area contributed by atoms with Crippen LogP contribution in [0.25, 0.3) is 0 Å². The molecule has 1 fully saturated rings. The summed E-state index contributed by atoms with van der Waals surface area (Å²) in [6.07, 6.45) is 10.6. The minimum absolute atomic E-state index is 0.938. The molecule has 0 saturated carbocycles. The van der Waals surface area contributed by atoms with Crippen LogP contribution in [-0.4, -0.2) is 36.1 Å². The summed E-state index contributed by atoms with van der Waals surface area (Å²) < 4.78 is 0. The summed E-state index contributed by atoms with van der Waals surface area (Å²) in [7, 11) is 0. The largest absolute Gasteiger partial charge is 0.313 e. The second-order valence-electron chi connectivity index (χ2n) is 5.15. The summed E-state index contributed by atoms with van der Waals surface area (Å²) in [6, 6.07) is 4.11. The molecule has 1 aromatic heterocycles. The van der Waals surface area contributed by atoms with Crippen molar-refractivity contribution in [1.29, 1.82) is 0 Å². The third-order valence-corrected chi connectivity index (χ3v) is 3.58. The maximum Gasteiger partial charge on any atom is 0.0312 e. The number of nitrogens with one attached hydrogen (secondary N) is 1. The molecule has 0 aliphatic carbocycles. The van der Waals surface area contributed by atoms with Gasteiger partial charge in [-0.25, -0.2) is 0 Å². The van der Waals surface area contributed by atoms with Gasteiger partial charge in [-0.15, -0.1) is 0 Å². The number of hydrogen-bond donors (Lipinski definition) is 1. The zero-order chi connectivity index (χ0) is 12.5. The molecule has 18 heavy (non-hydrogen) atoms. The third kappa shape index (κ3) is 5.15. The zero-order valence-corrected chi connectivity index (χ0v) is 11.3. The fourth-order valence-corrected chi connectivity index (χ4v) is 2.52. The molecule has 1 aliphatic heterocycles. The molecule has 3 heteroatoms. The SMILES string of the molecule is c1cncc(CNCCCN2CCCCCC2)c1. The van der Waals surface area contributed by atoms with Crippen molar-refractivity contribution < 1.29 is 0 Å². The first-order valence-corrected chi connectivity index (χ1v) is 7.27. The fourth-order valence-electron chi connectivity index (χ4n) is 2.52. The standard InChI is InChI=1S/C15H25N3/c1-2-4-11-18(10-3-1)12-6-9-17-14-15-7-5-8-16-13-15/h5,7-8,13,17H,1-4,6,9-12,14H2. The fraction of sp³-hybridized carbons (Fsp3) is 0.667. The predicted molar refractivity (Wildman–Crippen MR) is 75.5 cm³/mol. The molecule has 1 N–H and O–H groups in total. The number of likely N-dealkylation sites (tertiary alicyclic amines) is 1. The van der Waals surface area contributed by atoms with Gasteiger partial charge in [0, 0.05) is 18.9 Å². The van der Waals surface area contributed by atoms with E-state index in [0.717, 1.165) is 13.1 Å². The van der Waals surface area contributed by atoms with Crippen LogP contribution in [0.15, 0.2) is 24.5 Å². The van der Waals surface area contributed by atoms with Gasteiger partial charge in [-0.05, 0) is 57.1 Å². The average molecular weight is 247 g/mol. The Kier molecular flexibility index (Phi) is 6.17. The van der Waals surface area contributed by atoms with Crippen LogP contribution >= 0.6 is 0 Å². The minimum Gasteiger partial charge on any atom is -0.313 e. The lowest BCUT2D eigenvalue weighted by Crippen LogP contribution is -2.28. The van der Waals surface area contributed by atoms with Crippen molar-refractivity contribution in [2.24, 2.45) is 0 Å². The Labute approximate surface area is 111 Å². The van der Waals surface area contributed by atoms with Crippen molar-refractivity contribution in [3.63, 3.8) is 0 Å². The Morgan fingerprint density at radius 3 is 2.72 bits per heavy atom. The van der Waals surface area contributed by atoms with Gasteiger partial charge in [0.2, 0.25) is 0 Å². The van der Waals surface area contributed by atoms with Gasteiger partial charge in [-0.3, -0.25) is 4.98 Å². The second-order valence-corrected chi connectivity index (χ2v) is 5.15. The number of nitrogens with zero attached hydrogens (tertiary/aromatic N) is 2. The van der Waals surface area contributed by atoms with Crippen LogP contribution in [-0.2, 0) is 6.54 Å². The maximum absolute atomic E-state index is 4.12. The van der Waals surface area contributed by atoms with Crippen molar-refractivity contribution in [2.75, 3.05) is 26.2 Å². The molecular formula is C15H25N3. The van der Waals surface area contributed by atoms with E-state index in [2.05, 4.69) is 21.3 Å². The molecule has 0 bridgehead atoms. The van der Waals surface area contributed by atoms with Crippen LogP contribution in [0.2, 0.25) is 0 Å². The quantitative estimate of drug-likeness (QED) is 0.783. The van der Waals surface area contributed by atoms with Gasteiger partial charge in [-0.2, -0.15) is 0 Å². The van der Waals surface area contributed by atoms with Crippen LogP contribution in [0.5, 0.6) is 0 Å². The van der Waals surface area contributed by atoms with E-state index in [0.29, 0.717) is 0 Å². The second kappa shape index (κ2) is 8.22. The van der Waals surface area contributed by atoms with E-state index < -0.39 is 0 Å². The molecule has 0 radical (unpaired) electrons. The summed E-state index contributed by atoms with van der Waals surface area (Å²) in [6.45, 7) is 5.91. The Morgan fingerprint density at radius 1 is 1.17 bits per heavy atom. The molecule has 3 nitrogen and oxygen atoms in total. The molecule has 2 heterocycles. The van der Waals surface area contributed by atoms with Crippen LogP contribution in [0, 0.1) is 0 Å². The molecule has 0 aromatic carbocycles. The maximum atomic E-state index is 4.12. The van der Waals surface area contributed by atoms with E-state index >= 15 is 0 Å². The lowest BCUT2D eigenvalue weighted by molar-refractivity contribution is 0.280. The summed E-state index contributed by atoms with van der Waals surface area (Å²) in [5.74, 6) is 0. The van der Waals surface area contributed by atoms with Crippen molar-refractivity contribution >= 4 is 0 Å². The monoisotopic (exact) mass is 247 g/mol. The summed E-state index contributed by atoms with van der Waals surface area (Å²) >= 11 is 0. The van der Waals surface area contributed by atoms with Crippen LogP contribution in [0.4, 0.5) is 0 Å². The highest BCUT2D eigenvalue weighted by molar-refractivity contribution is 5.07. The Bertz CT molecular complexity index is 305. The summed E-state index contributed by atoms with van der Waals surface area (Å²) in [4.78, 5) is 6.74. The first-order valence-electron chi connectivity index (χ1n) is 7.27. The van der Waals surface area contributed by atoms with Gasteiger partial charge in [0.1, 0.15) is 0 Å². The smallest absolute Gasteiger partial charge is 0.0312 e. The van der Waals surface area contributed by atoms with Crippen molar-refractivity contribution in [2.45, 2.75) is 38.6 Å². The first-order chi connectivity index (χ1) is 8.95. The predicted octanol–water partition coefficient (Wildman–Crippen LogP) is 2.44.